The normalized spacial score (nSPS) is 18.5. The van der Waals surface area contributed by atoms with Crippen LogP contribution in [0.3, 0.4) is 0 Å². The molecule has 1 aliphatic rings. The summed E-state index contributed by atoms with van der Waals surface area (Å²) in [5.74, 6) is -0.276. The molecule has 0 saturated heterocycles. The number of hydrogen-bond donors (Lipinski definition) is 0. The third-order valence-electron chi connectivity index (χ3n) is 2.46. The van der Waals surface area contributed by atoms with Gasteiger partial charge in [-0.15, -0.1) is 6.58 Å². The van der Waals surface area contributed by atoms with Gasteiger partial charge in [0.1, 0.15) is 6.10 Å². The van der Waals surface area contributed by atoms with E-state index in [9.17, 15) is 4.79 Å². The minimum absolute atomic E-state index is 0.136. The molecule has 1 heterocycles. The minimum Gasteiger partial charge on any atom is -0.454 e. The van der Waals surface area contributed by atoms with Gasteiger partial charge in [-0.25, -0.2) is 4.79 Å². The Morgan fingerprint density at radius 2 is 2.33 bits per heavy atom. The van der Waals surface area contributed by atoms with Gasteiger partial charge < -0.3 is 4.74 Å². The Kier molecular flexibility index (Phi) is 2.78. The number of fused-ring (bicyclic) bond motifs is 1. The van der Waals surface area contributed by atoms with Crippen molar-refractivity contribution in [2.24, 2.45) is 0 Å². The highest BCUT2D eigenvalue weighted by atomic mass is 35.5. The van der Waals surface area contributed by atoms with Gasteiger partial charge in [0, 0.05) is 10.6 Å². The quantitative estimate of drug-likeness (QED) is 0.578. The Balaban J connectivity index is 2.29. The van der Waals surface area contributed by atoms with Crippen LogP contribution < -0.4 is 0 Å². The van der Waals surface area contributed by atoms with E-state index in [1.165, 1.54) is 0 Å². The van der Waals surface area contributed by atoms with Gasteiger partial charge in [-0.3, -0.25) is 0 Å². The van der Waals surface area contributed by atoms with Crippen LogP contribution in [0.1, 0.15) is 34.9 Å². The van der Waals surface area contributed by atoms with Gasteiger partial charge in [0.2, 0.25) is 0 Å². The first-order valence-corrected chi connectivity index (χ1v) is 5.21. The maximum Gasteiger partial charge on any atom is 0.339 e. The Labute approximate surface area is 93.5 Å². The molecule has 0 aromatic heterocycles. The summed E-state index contributed by atoms with van der Waals surface area (Å²) >= 11 is 5.82. The molecule has 0 spiro atoms. The summed E-state index contributed by atoms with van der Waals surface area (Å²) in [5.41, 5.74) is 1.53. The second-order valence-electron chi connectivity index (χ2n) is 3.49. The molecule has 0 saturated carbocycles. The van der Waals surface area contributed by atoms with E-state index in [1.54, 1.807) is 12.1 Å². The van der Waals surface area contributed by atoms with Crippen LogP contribution in [0.15, 0.2) is 30.9 Å². The number of halogens is 1. The second-order valence-corrected chi connectivity index (χ2v) is 3.93. The highest BCUT2D eigenvalue weighted by molar-refractivity contribution is 6.31. The van der Waals surface area contributed by atoms with Crippen molar-refractivity contribution in [2.45, 2.75) is 18.9 Å². The van der Waals surface area contributed by atoms with Gasteiger partial charge in [-0.1, -0.05) is 23.7 Å². The summed E-state index contributed by atoms with van der Waals surface area (Å²) in [7, 11) is 0. The van der Waals surface area contributed by atoms with Crippen molar-refractivity contribution in [3.63, 3.8) is 0 Å². The first-order chi connectivity index (χ1) is 7.22. The Bertz CT molecular complexity index is 412. The number of esters is 1. The van der Waals surface area contributed by atoms with Crippen molar-refractivity contribution in [1.29, 1.82) is 0 Å². The van der Waals surface area contributed by atoms with Crippen molar-refractivity contribution in [3.8, 4) is 0 Å². The molecule has 0 bridgehead atoms. The van der Waals surface area contributed by atoms with Crippen LogP contribution in [0, 0.1) is 0 Å². The number of benzene rings is 1. The molecule has 0 radical (unpaired) electrons. The van der Waals surface area contributed by atoms with Crippen LogP contribution in [0.25, 0.3) is 0 Å². The van der Waals surface area contributed by atoms with Gasteiger partial charge in [-0.2, -0.15) is 0 Å². The molecule has 0 amide bonds. The molecule has 0 N–H and O–H groups in total. The van der Waals surface area contributed by atoms with Gasteiger partial charge in [0.05, 0.1) is 5.56 Å². The van der Waals surface area contributed by atoms with Crippen LogP contribution in [0.2, 0.25) is 5.02 Å². The topological polar surface area (TPSA) is 26.3 Å². The van der Waals surface area contributed by atoms with Gasteiger partial charge in [0.25, 0.3) is 0 Å². The molecule has 78 valence electrons. The number of carbonyl (C=O) groups is 1. The average Bonchev–Trinajstić information content (AvgIpc) is 2.53. The summed E-state index contributed by atoms with van der Waals surface area (Å²) in [6, 6.07) is 5.30. The van der Waals surface area contributed by atoms with Gasteiger partial charge in [0.15, 0.2) is 0 Å². The van der Waals surface area contributed by atoms with E-state index in [2.05, 4.69) is 6.58 Å². The molecule has 2 rings (SSSR count). The molecule has 15 heavy (non-hydrogen) atoms. The highest BCUT2D eigenvalue weighted by Gasteiger charge is 2.30. The molecule has 3 heteroatoms. The summed E-state index contributed by atoms with van der Waals surface area (Å²) in [6.07, 6.45) is 3.30. The SMILES string of the molecule is C=CCCC1OC(=O)c2cc(Cl)ccc21. The average molecular weight is 223 g/mol. The molecule has 1 aliphatic heterocycles. The zero-order chi connectivity index (χ0) is 10.8. The Hall–Kier alpha value is -1.28. The molecule has 1 atom stereocenters. The zero-order valence-electron chi connectivity index (χ0n) is 8.20. The maximum atomic E-state index is 11.5. The van der Waals surface area contributed by atoms with Crippen LogP contribution in [-0.2, 0) is 4.74 Å². The fourth-order valence-electron chi connectivity index (χ4n) is 1.73. The number of cyclic esters (lactones) is 1. The Morgan fingerprint density at radius 1 is 1.53 bits per heavy atom. The van der Waals surface area contributed by atoms with Crippen LogP contribution in [-0.4, -0.2) is 5.97 Å². The lowest BCUT2D eigenvalue weighted by atomic mass is 10.0. The lowest BCUT2D eigenvalue weighted by molar-refractivity contribution is 0.0371. The van der Waals surface area contributed by atoms with E-state index in [0.29, 0.717) is 10.6 Å². The molecule has 0 aliphatic carbocycles. The fraction of sp³-hybridized carbons (Fsp3) is 0.250. The van der Waals surface area contributed by atoms with Crippen molar-refractivity contribution < 1.29 is 9.53 Å². The Morgan fingerprint density at radius 3 is 3.07 bits per heavy atom. The van der Waals surface area contributed by atoms with E-state index in [4.69, 9.17) is 16.3 Å². The number of allylic oxidation sites excluding steroid dienone is 1. The summed E-state index contributed by atoms with van der Waals surface area (Å²) in [4.78, 5) is 11.5. The van der Waals surface area contributed by atoms with E-state index in [0.717, 1.165) is 18.4 Å². The van der Waals surface area contributed by atoms with E-state index < -0.39 is 0 Å². The monoisotopic (exact) mass is 222 g/mol. The van der Waals surface area contributed by atoms with E-state index in [1.807, 2.05) is 12.1 Å². The number of ether oxygens (including phenoxy) is 1. The largest absolute Gasteiger partial charge is 0.454 e. The first kappa shape index (κ1) is 10.2. The second kappa shape index (κ2) is 4.07. The lowest BCUT2D eigenvalue weighted by Gasteiger charge is -2.08. The van der Waals surface area contributed by atoms with E-state index in [-0.39, 0.29) is 12.1 Å². The summed E-state index contributed by atoms with van der Waals surface area (Å²) < 4.78 is 5.24. The standard InChI is InChI=1S/C12H11ClO2/c1-2-3-4-11-9-6-5-8(13)7-10(9)12(14)15-11/h2,5-7,11H,1,3-4H2. The zero-order valence-corrected chi connectivity index (χ0v) is 8.96. The fourth-order valence-corrected chi connectivity index (χ4v) is 1.90. The number of carbonyl (C=O) groups excluding carboxylic acids is 1. The maximum absolute atomic E-state index is 11.5. The third-order valence-corrected chi connectivity index (χ3v) is 2.70. The predicted octanol–water partition coefficient (Wildman–Crippen LogP) is 3.52. The van der Waals surface area contributed by atoms with Crippen LogP contribution in [0.5, 0.6) is 0 Å². The molecule has 2 nitrogen and oxygen atoms in total. The first-order valence-electron chi connectivity index (χ1n) is 4.83. The molecule has 1 aromatic carbocycles. The number of rotatable bonds is 3. The lowest BCUT2D eigenvalue weighted by Crippen LogP contribution is -1.97. The number of hydrogen-bond acceptors (Lipinski definition) is 2. The van der Waals surface area contributed by atoms with Crippen LogP contribution >= 0.6 is 11.6 Å². The molecular weight excluding hydrogens is 212 g/mol. The van der Waals surface area contributed by atoms with Crippen molar-refractivity contribution >= 4 is 17.6 Å². The van der Waals surface area contributed by atoms with Crippen molar-refractivity contribution in [1.82, 2.24) is 0 Å². The molecular formula is C12H11ClO2. The van der Waals surface area contributed by atoms with E-state index >= 15 is 0 Å². The highest BCUT2D eigenvalue weighted by Crippen LogP contribution is 2.35. The molecule has 1 aromatic rings. The molecule has 1 unspecified atom stereocenters. The van der Waals surface area contributed by atoms with Crippen molar-refractivity contribution in [3.05, 3.63) is 47.0 Å². The predicted molar refractivity (Wildman–Crippen MR) is 59.0 cm³/mol. The summed E-state index contributed by atoms with van der Waals surface area (Å²) in [5, 5.41) is 0.565. The molecule has 0 fully saturated rings. The van der Waals surface area contributed by atoms with Gasteiger partial charge >= 0.3 is 5.97 Å². The minimum atomic E-state index is -0.276. The van der Waals surface area contributed by atoms with Crippen LogP contribution in [0.4, 0.5) is 0 Å². The summed E-state index contributed by atoms with van der Waals surface area (Å²) in [6.45, 7) is 3.65. The third kappa shape index (κ3) is 1.90. The van der Waals surface area contributed by atoms with Gasteiger partial charge in [-0.05, 0) is 25.0 Å². The van der Waals surface area contributed by atoms with Crippen molar-refractivity contribution in [2.75, 3.05) is 0 Å². The smallest absolute Gasteiger partial charge is 0.339 e.